The van der Waals surface area contributed by atoms with Crippen molar-refractivity contribution in [3.05, 3.63) is 46.3 Å². The first kappa shape index (κ1) is 11.4. The topological polar surface area (TPSA) is 89.1 Å². The van der Waals surface area contributed by atoms with Gasteiger partial charge in [0.15, 0.2) is 5.65 Å². The van der Waals surface area contributed by atoms with E-state index in [1.54, 1.807) is 19.1 Å². The molecule has 2 heterocycles. The average Bonchev–Trinajstić information content (AvgIpc) is 2.68. The molecule has 3 aromatic rings. The molecular formula is C12H10FN5O. The summed E-state index contributed by atoms with van der Waals surface area (Å²) in [5.74, 6) is 0.0880. The van der Waals surface area contributed by atoms with Crippen LogP contribution in [0.3, 0.4) is 0 Å². The molecule has 0 spiro atoms. The van der Waals surface area contributed by atoms with Crippen LogP contribution in [0.15, 0.2) is 29.1 Å². The molecule has 0 fully saturated rings. The minimum atomic E-state index is -0.428. The van der Waals surface area contributed by atoms with Gasteiger partial charge in [0.2, 0.25) is 5.95 Å². The second-order valence-corrected chi connectivity index (χ2v) is 4.11. The summed E-state index contributed by atoms with van der Waals surface area (Å²) >= 11 is 0. The van der Waals surface area contributed by atoms with Crippen molar-refractivity contribution in [3.63, 3.8) is 0 Å². The molecule has 19 heavy (non-hydrogen) atoms. The van der Waals surface area contributed by atoms with Gasteiger partial charge in [-0.1, -0.05) is 0 Å². The third-order valence-corrected chi connectivity index (χ3v) is 2.79. The van der Waals surface area contributed by atoms with Crippen LogP contribution >= 0.6 is 0 Å². The Kier molecular flexibility index (Phi) is 2.34. The number of hydrogen-bond donors (Lipinski definition) is 2. The minimum absolute atomic E-state index is 0.0335. The molecule has 3 rings (SSSR count). The molecular weight excluding hydrogens is 249 g/mol. The Bertz CT molecular complexity index is 818. The molecule has 6 nitrogen and oxygen atoms in total. The lowest BCUT2D eigenvalue weighted by atomic mass is 10.2. The number of anilines is 1. The van der Waals surface area contributed by atoms with Crippen LogP contribution in [0.25, 0.3) is 17.0 Å². The van der Waals surface area contributed by atoms with Crippen LogP contribution in [-0.2, 0) is 0 Å². The molecule has 3 N–H and O–H groups in total. The zero-order valence-corrected chi connectivity index (χ0v) is 10.0. The summed E-state index contributed by atoms with van der Waals surface area (Å²) in [5.41, 5.74) is 6.67. The molecule has 2 aromatic heterocycles. The number of nitrogens with zero attached hydrogens (tertiary/aromatic N) is 3. The highest BCUT2D eigenvalue weighted by Crippen LogP contribution is 2.20. The fourth-order valence-corrected chi connectivity index (χ4v) is 1.94. The monoisotopic (exact) mass is 259 g/mol. The maximum atomic E-state index is 12.9. The van der Waals surface area contributed by atoms with E-state index in [1.807, 2.05) is 0 Å². The smallest absolute Gasteiger partial charge is 0.335 e. The molecule has 7 heteroatoms. The van der Waals surface area contributed by atoms with Crippen LogP contribution in [0.1, 0.15) is 5.69 Å². The van der Waals surface area contributed by atoms with Crippen molar-refractivity contribution < 1.29 is 4.39 Å². The lowest BCUT2D eigenvalue weighted by Crippen LogP contribution is -2.20. The lowest BCUT2D eigenvalue weighted by molar-refractivity contribution is 0.628. The van der Waals surface area contributed by atoms with Gasteiger partial charge in [0.25, 0.3) is 0 Å². The van der Waals surface area contributed by atoms with Crippen LogP contribution in [0.5, 0.6) is 0 Å². The maximum absolute atomic E-state index is 12.9. The van der Waals surface area contributed by atoms with E-state index in [2.05, 4.69) is 15.0 Å². The molecule has 0 radical (unpaired) electrons. The quantitative estimate of drug-likeness (QED) is 0.685. The fourth-order valence-electron chi connectivity index (χ4n) is 1.94. The third kappa shape index (κ3) is 1.75. The van der Waals surface area contributed by atoms with Gasteiger partial charge in [0.1, 0.15) is 11.6 Å². The summed E-state index contributed by atoms with van der Waals surface area (Å²) in [6.45, 7) is 1.73. The fraction of sp³-hybridized carbons (Fsp3) is 0.0833. The van der Waals surface area contributed by atoms with E-state index in [0.717, 1.165) is 0 Å². The van der Waals surface area contributed by atoms with Crippen molar-refractivity contribution in [2.45, 2.75) is 6.92 Å². The molecule has 0 aliphatic heterocycles. The molecule has 0 atom stereocenters. The number of hydrogen-bond acceptors (Lipinski definition) is 4. The maximum Gasteiger partial charge on any atom is 0.335 e. The number of H-pyrrole nitrogens is 1. The highest BCUT2D eigenvalue weighted by atomic mass is 19.1. The standard InChI is InChI=1S/C12H10FN5O/c1-6-9-16-11(14)17-12(19)18(9)10(15-6)7-2-4-8(13)5-3-7/h2-5H,1H3,(H3,14,16,17,19). The number of halogens is 1. The zero-order chi connectivity index (χ0) is 13.6. The van der Waals surface area contributed by atoms with E-state index in [4.69, 9.17) is 5.73 Å². The zero-order valence-electron chi connectivity index (χ0n) is 10.0. The van der Waals surface area contributed by atoms with Crippen LogP contribution in [0.4, 0.5) is 10.3 Å². The lowest BCUT2D eigenvalue weighted by Gasteiger charge is -2.00. The highest BCUT2D eigenvalue weighted by molar-refractivity contribution is 5.62. The number of rotatable bonds is 1. The summed E-state index contributed by atoms with van der Waals surface area (Å²) in [6.07, 6.45) is 0. The van der Waals surface area contributed by atoms with Gasteiger partial charge in [-0.3, -0.25) is 4.98 Å². The van der Waals surface area contributed by atoms with Crippen molar-refractivity contribution in [2.24, 2.45) is 0 Å². The number of aryl methyl sites for hydroxylation is 1. The van der Waals surface area contributed by atoms with E-state index in [1.165, 1.54) is 16.5 Å². The first-order valence-corrected chi connectivity index (χ1v) is 5.57. The van der Waals surface area contributed by atoms with Crippen LogP contribution in [0, 0.1) is 12.7 Å². The van der Waals surface area contributed by atoms with Crippen LogP contribution in [-0.4, -0.2) is 19.4 Å². The predicted molar refractivity (Wildman–Crippen MR) is 68.2 cm³/mol. The van der Waals surface area contributed by atoms with Gasteiger partial charge in [-0.05, 0) is 31.2 Å². The summed E-state index contributed by atoms with van der Waals surface area (Å²) in [6, 6.07) is 5.73. The Balaban J connectivity index is 2.36. The number of benzene rings is 1. The Morgan fingerprint density at radius 3 is 2.63 bits per heavy atom. The summed E-state index contributed by atoms with van der Waals surface area (Å²) in [5, 5.41) is 0. The normalized spacial score (nSPS) is 11.1. The van der Waals surface area contributed by atoms with Crippen LogP contribution in [0.2, 0.25) is 0 Å². The molecule has 0 amide bonds. The molecule has 0 bridgehead atoms. The number of nitrogens with one attached hydrogen (secondary N) is 1. The Labute approximate surface area is 106 Å². The predicted octanol–water partition coefficient (Wildman–Crippen LogP) is 1.11. The van der Waals surface area contributed by atoms with Crippen molar-refractivity contribution in [1.29, 1.82) is 0 Å². The van der Waals surface area contributed by atoms with E-state index < -0.39 is 5.69 Å². The van der Waals surface area contributed by atoms with E-state index in [9.17, 15) is 9.18 Å². The van der Waals surface area contributed by atoms with Gasteiger partial charge in [0.05, 0.1) is 5.69 Å². The van der Waals surface area contributed by atoms with E-state index >= 15 is 0 Å². The molecule has 0 aliphatic rings. The van der Waals surface area contributed by atoms with Crippen molar-refractivity contribution in [2.75, 3.05) is 5.73 Å². The van der Waals surface area contributed by atoms with Gasteiger partial charge < -0.3 is 5.73 Å². The van der Waals surface area contributed by atoms with Gasteiger partial charge in [-0.25, -0.2) is 18.6 Å². The van der Waals surface area contributed by atoms with Gasteiger partial charge >= 0.3 is 5.69 Å². The SMILES string of the molecule is Cc1nc(-c2ccc(F)cc2)n2c(=O)[nH]c(N)nc12. The molecule has 96 valence electrons. The molecule has 0 saturated heterocycles. The molecule has 0 unspecified atom stereocenters. The molecule has 0 aliphatic carbocycles. The number of imidazole rings is 1. The van der Waals surface area contributed by atoms with Crippen molar-refractivity contribution in [1.82, 2.24) is 19.4 Å². The number of nitrogens with two attached hydrogens (primary N) is 1. The molecule has 0 saturated carbocycles. The Morgan fingerprint density at radius 1 is 1.26 bits per heavy atom. The van der Waals surface area contributed by atoms with Crippen molar-refractivity contribution in [3.8, 4) is 11.4 Å². The van der Waals surface area contributed by atoms with Crippen molar-refractivity contribution >= 4 is 11.6 Å². The Hall–Kier alpha value is -2.70. The van der Waals surface area contributed by atoms with Crippen LogP contribution < -0.4 is 11.4 Å². The second kappa shape index (κ2) is 3.91. The highest BCUT2D eigenvalue weighted by Gasteiger charge is 2.14. The summed E-state index contributed by atoms with van der Waals surface area (Å²) in [7, 11) is 0. The summed E-state index contributed by atoms with van der Waals surface area (Å²) < 4.78 is 14.2. The first-order chi connectivity index (χ1) is 9.06. The molecule has 1 aromatic carbocycles. The largest absolute Gasteiger partial charge is 0.369 e. The number of aromatic nitrogens is 4. The third-order valence-electron chi connectivity index (χ3n) is 2.79. The second-order valence-electron chi connectivity index (χ2n) is 4.11. The minimum Gasteiger partial charge on any atom is -0.369 e. The Morgan fingerprint density at radius 2 is 1.95 bits per heavy atom. The average molecular weight is 259 g/mol. The number of aromatic amines is 1. The van der Waals surface area contributed by atoms with E-state index in [-0.39, 0.29) is 11.8 Å². The first-order valence-electron chi connectivity index (χ1n) is 5.57. The van der Waals surface area contributed by atoms with E-state index in [0.29, 0.717) is 22.7 Å². The number of nitrogen functional groups attached to an aromatic ring is 1. The van der Waals surface area contributed by atoms with Gasteiger partial charge in [-0.15, -0.1) is 0 Å². The van der Waals surface area contributed by atoms with Gasteiger partial charge in [-0.2, -0.15) is 4.98 Å². The summed E-state index contributed by atoms with van der Waals surface area (Å²) in [4.78, 5) is 22.7. The van der Waals surface area contributed by atoms with Gasteiger partial charge in [0, 0.05) is 5.56 Å². The number of fused-ring (bicyclic) bond motifs is 1.